The topological polar surface area (TPSA) is 26.3 Å². The van der Waals surface area contributed by atoms with E-state index in [1.54, 1.807) is 24.3 Å². The third-order valence-electron chi connectivity index (χ3n) is 2.98. The number of benzene rings is 1. The highest BCUT2D eigenvalue weighted by molar-refractivity contribution is 6.70. The van der Waals surface area contributed by atoms with Crippen molar-refractivity contribution in [3.8, 4) is 5.75 Å². The second-order valence-electron chi connectivity index (χ2n) is 4.02. The molecule has 1 aliphatic rings. The number of carbonyl (C=O) groups excluding carboxylic acids is 1. The Hall–Kier alpha value is -0.440. The van der Waals surface area contributed by atoms with Crippen LogP contribution in [-0.2, 0) is 10.2 Å². The molecule has 1 unspecified atom stereocenters. The molecule has 92 valence electrons. The summed E-state index contributed by atoms with van der Waals surface area (Å²) in [5.41, 5.74) is -0.242. The van der Waals surface area contributed by atoms with E-state index in [-0.39, 0.29) is 0 Å². The van der Waals surface area contributed by atoms with Gasteiger partial charge in [0.15, 0.2) is 0 Å². The lowest BCUT2D eigenvalue weighted by Crippen LogP contribution is -2.22. The summed E-state index contributed by atoms with van der Waals surface area (Å²) < 4.78 is 4.22. The van der Waals surface area contributed by atoms with E-state index in [2.05, 4.69) is 0 Å². The van der Waals surface area contributed by atoms with Crippen LogP contribution in [-0.4, -0.2) is 16.2 Å². The van der Waals surface area contributed by atoms with Crippen LogP contribution in [0.2, 0.25) is 0 Å². The van der Waals surface area contributed by atoms with Crippen LogP contribution in [0.3, 0.4) is 0 Å². The van der Waals surface area contributed by atoms with Crippen LogP contribution in [0.1, 0.15) is 18.9 Å². The van der Waals surface area contributed by atoms with Crippen molar-refractivity contribution in [3.63, 3.8) is 0 Å². The minimum atomic E-state index is -1.10. The van der Waals surface area contributed by atoms with Crippen molar-refractivity contribution < 1.29 is 9.53 Å². The molecule has 1 atom stereocenters. The lowest BCUT2D eigenvalue weighted by molar-refractivity contribution is -0.113. The quantitative estimate of drug-likeness (QED) is 0.625. The normalized spacial score (nSPS) is 25.4. The van der Waals surface area contributed by atoms with Crippen LogP contribution in [0, 0.1) is 0 Å². The van der Waals surface area contributed by atoms with Gasteiger partial charge in [-0.15, -0.1) is 23.2 Å². The highest BCUT2D eigenvalue weighted by Gasteiger charge is 2.71. The second-order valence-corrected chi connectivity index (χ2v) is 5.84. The molecule has 2 rings (SSSR count). The first-order chi connectivity index (χ1) is 7.94. The molecule has 1 aliphatic carbocycles. The summed E-state index contributed by atoms with van der Waals surface area (Å²) in [5, 5.41) is -0.522. The lowest BCUT2D eigenvalue weighted by atomic mass is 9.97. The average Bonchev–Trinajstić information content (AvgIpc) is 2.85. The number of carbonyl (C=O) groups is 1. The fourth-order valence-corrected chi connectivity index (χ4v) is 3.16. The molecule has 0 heterocycles. The van der Waals surface area contributed by atoms with Gasteiger partial charge in [0.05, 0.1) is 6.61 Å². The van der Waals surface area contributed by atoms with Gasteiger partial charge >= 0.3 is 0 Å². The zero-order valence-electron chi connectivity index (χ0n) is 9.17. The molecule has 0 aliphatic heterocycles. The van der Waals surface area contributed by atoms with Crippen LogP contribution in [0.25, 0.3) is 0 Å². The zero-order valence-corrected chi connectivity index (χ0v) is 11.4. The van der Waals surface area contributed by atoms with Crippen LogP contribution in [0.5, 0.6) is 5.75 Å². The number of rotatable bonds is 4. The molecule has 0 amide bonds. The third-order valence-corrected chi connectivity index (χ3v) is 4.22. The Balaban J connectivity index is 2.31. The SMILES string of the molecule is CCOc1ccc(C2(C(=O)Cl)CC2(Cl)Cl)cc1. The molecule has 1 saturated carbocycles. The van der Waals surface area contributed by atoms with E-state index >= 15 is 0 Å². The van der Waals surface area contributed by atoms with Gasteiger partial charge in [0.1, 0.15) is 15.5 Å². The molecular weight excluding hydrogens is 282 g/mol. The van der Waals surface area contributed by atoms with E-state index in [4.69, 9.17) is 39.5 Å². The Labute approximate surface area is 115 Å². The van der Waals surface area contributed by atoms with Gasteiger partial charge in [0.25, 0.3) is 0 Å². The molecule has 17 heavy (non-hydrogen) atoms. The van der Waals surface area contributed by atoms with Crippen molar-refractivity contribution in [1.82, 2.24) is 0 Å². The maximum atomic E-state index is 11.5. The molecule has 2 nitrogen and oxygen atoms in total. The highest BCUT2D eigenvalue weighted by Crippen LogP contribution is 2.65. The highest BCUT2D eigenvalue weighted by atomic mass is 35.5. The molecule has 0 N–H and O–H groups in total. The number of hydrogen-bond acceptors (Lipinski definition) is 2. The average molecular weight is 294 g/mol. The molecule has 1 aromatic rings. The van der Waals surface area contributed by atoms with Gasteiger partial charge in [-0.25, -0.2) is 0 Å². The van der Waals surface area contributed by atoms with Crippen LogP contribution in [0.15, 0.2) is 24.3 Å². The van der Waals surface area contributed by atoms with Gasteiger partial charge in [-0.2, -0.15) is 0 Å². The predicted molar refractivity (Wildman–Crippen MR) is 69.2 cm³/mol. The summed E-state index contributed by atoms with van der Waals surface area (Å²) in [7, 11) is 0. The van der Waals surface area contributed by atoms with E-state index in [1.807, 2.05) is 6.92 Å². The number of alkyl halides is 2. The maximum Gasteiger partial charge on any atom is 0.235 e. The fourth-order valence-electron chi connectivity index (χ4n) is 1.93. The monoisotopic (exact) mass is 292 g/mol. The maximum absolute atomic E-state index is 11.5. The van der Waals surface area contributed by atoms with Crippen molar-refractivity contribution in [2.45, 2.75) is 23.1 Å². The van der Waals surface area contributed by atoms with Gasteiger partial charge in [0.2, 0.25) is 5.24 Å². The molecule has 1 aromatic carbocycles. The molecule has 0 spiro atoms. The first-order valence-electron chi connectivity index (χ1n) is 5.25. The Morgan fingerprint density at radius 3 is 2.24 bits per heavy atom. The number of hydrogen-bond donors (Lipinski definition) is 0. The molecule has 0 aromatic heterocycles. The molecule has 0 saturated heterocycles. The molecule has 0 radical (unpaired) electrons. The van der Waals surface area contributed by atoms with Crippen LogP contribution < -0.4 is 4.74 Å². The van der Waals surface area contributed by atoms with E-state index in [0.717, 1.165) is 11.3 Å². The molecular formula is C12H11Cl3O2. The predicted octanol–water partition coefficient (Wildman–Crippen LogP) is 3.67. The molecule has 1 fully saturated rings. The molecule has 0 bridgehead atoms. The van der Waals surface area contributed by atoms with Gasteiger partial charge < -0.3 is 4.74 Å². The Kier molecular flexibility index (Phi) is 3.32. The summed E-state index contributed by atoms with van der Waals surface area (Å²) in [4.78, 5) is 11.5. The van der Waals surface area contributed by atoms with Crippen LogP contribution >= 0.6 is 34.8 Å². The van der Waals surface area contributed by atoms with E-state index in [0.29, 0.717) is 13.0 Å². The Morgan fingerprint density at radius 2 is 1.88 bits per heavy atom. The summed E-state index contributed by atoms with van der Waals surface area (Å²) in [6.07, 6.45) is 0.347. The lowest BCUT2D eigenvalue weighted by Gasteiger charge is -2.14. The first kappa shape index (κ1) is 13.0. The van der Waals surface area contributed by atoms with Crippen molar-refractivity contribution in [3.05, 3.63) is 29.8 Å². The van der Waals surface area contributed by atoms with Crippen LogP contribution in [0.4, 0.5) is 0 Å². The first-order valence-corrected chi connectivity index (χ1v) is 6.38. The standard InChI is InChI=1S/C12H11Cl3O2/c1-2-17-9-5-3-8(4-6-9)11(10(13)16)7-12(11,14)15/h3-6H,2,7H2,1H3. The minimum Gasteiger partial charge on any atom is -0.494 e. The second kappa shape index (κ2) is 4.34. The fraction of sp³-hybridized carbons (Fsp3) is 0.417. The van der Waals surface area contributed by atoms with Crippen molar-refractivity contribution in [2.24, 2.45) is 0 Å². The number of ether oxygens (including phenoxy) is 1. The number of halogens is 3. The summed E-state index contributed by atoms with van der Waals surface area (Å²) in [6, 6.07) is 7.11. The van der Waals surface area contributed by atoms with E-state index in [9.17, 15) is 4.79 Å². The van der Waals surface area contributed by atoms with E-state index in [1.165, 1.54) is 0 Å². The van der Waals surface area contributed by atoms with Gasteiger partial charge in [-0.05, 0) is 36.2 Å². The summed E-state index contributed by atoms with van der Waals surface area (Å²) in [6.45, 7) is 2.50. The van der Waals surface area contributed by atoms with Crippen molar-refractivity contribution in [1.29, 1.82) is 0 Å². The Morgan fingerprint density at radius 1 is 1.35 bits per heavy atom. The Bertz CT molecular complexity index is 442. The van der Waals surface area contributed by atoms with Crippen molar-refractivity contribution in [2.75, 3.05) is 6.61 Å². The van der Waals surface area contributed by atoms with Gasteiger partial charge in [-0.3, -0.25) is 4.79 Å². The van der Waals surface area contributed by atoms with E-state index < -0.39 is 15.0 Å². The summed E-state index contributed by atoms with van der Waals surface area (Å²) >= 11 is 17.7. The van der Waals surface area contributed by atoms with Crippen molar-refractivity contribution >= 4 is 40.0 Å². The van der Waals surface area contributed by atoms with Gasteiger partial charge in [0, 0.05) is 6.42 Å². The molecule has 5 heteroatoms. The zero-order chi connectivity index (χ0) is 12.7. The third kappa shape index (κ3) is 2.03. The van der Waals surface area contributed by atoms with Gasteiger partial charge in [-0.1, -0.05) is 12.1 Å². The minimum absolute atomic E-state index is 0.347. The smallest absolute Gasteiger partial charge is 0.235 e. The largest absolute Gasteiger partial charge is 0.494 e. The summed E-state index contributed by atoms with van der Waals surface area (Å²) in [5.74, 6) is 0.740.